The summed E-state index contributed by atoms with van der Waals surface area (Å²) in [5, 5.41) is 4.17. The fourth-order valence-electron chi connectivity index (χ4n) is 4.53. The summed E-state index contributed by atoms with van der Waals surface area (Å²) in [6, 6.07) is 23.2. The standard InChI is InChI=1S/C30H24ClN3O5S/c1-3-40(37,38)29-23-17-22(21-11-7-8-12-24(21)31)25(28(35)18-9-5-4-6-10-18)27(32)26(23)30(36)34(33-29)19-13-15-20(39-2)16-14-19/h4-17H,3,32H2,1-2H3. The van der Waals surface area contributed by atoms with Gasteiger partial charge in [0.25, 0.3) is 5.56 Å². The zero-order valence-electron chi connectivity index (χ0n) is 21.6. The number of methoxy groups -OCH3 is 1. The summed E-state index contributed by atoms with van der Waals surface area (Å²) in [5.41, 5.74) is 7.25. The molecule has 5 aromatic rings. The molecule has 8 nitrogen and oxygen atoms in total. The number of anilines is 1. The van der Waals surface area contributed by atoms with Crippen LogP contribution in [0.4, 0.5) is 5.69 Å². The van der Waals surface area contributed by atoms with Gasteiger partial charge >= 0.3 is 0 Å². The minimum absolute atomic E-state index is 0.00800. The second kappa shape index (κ2) is 10.6. The average molecular weight is 574 g/mol. The number of rotatable bonds is 7. The molecule has 0 saturated heterocycles. The van der Waals surface area contributed by atoms with E-state index >= 15 is 0 Å². The Balaban J connectivity index is 1.96. The van der Waals surface area contributed by atoms with E-state index in [1.54, 1.807) is 78.9 Å². The van der Waals surface area contributed by atoms with Crippen molar-refractivity contribution in [2.24, 2.45) is 0 Å². The number of ether oxygens (including phenoxy) is 1. The van der Waals surface area contributed by atoms with Crippen molar-refractivity contribution < 1.29 is 17.9 Å². The molecule has 0 fully saturated rings. The summed E-state index contributed by atoms with van der Waals surface area (Å²) in [5.74, 6) is -0.178. The van der Waals surface area contributed by atoms with Crippen LogP contribution in [0.5, 0.6) is 5.75 Å². The number of nitrogen functional groups attached to an aromatic ring is 1. The van der Waals surface area contributed by atoms with Gasteiger partial charge in [-0.25, -0.2) is 8.42 Å². The van der Waals surface area contributed by atoms with Crippen molar-refractivity contribution in [3.63, 3.8) is 0 Å². The molecule has 5 rings (SSSR count). The highest BCUT2D eigenvalue weighted by atomic mass is 35.5. The number of ketones is 1. The normalized spacial score (nSPS) is 11.5. The molecule has 0 aliphatic rings. The number of aromatic nitrogens is 2. The first-order valence-corrected chi connectivity index (χ1v) is 14.3. The number of hydrogen-bond donors (Lipinski definition) is 1. The molecule has 0 amide bonds. The maximum atomic E-state index is 14.0. The van der Waals surface area contributed by atoms with Crippen molar-refractivity contribution in [3.05, 3.63) is 111 Å². The second-order valence-electron chi connectivity index (χ2n) is 8.93. The molecule has 0 saturated carbocycles. The van der Waals surface area contributed by atoms with E-state index in [0.717, 1.165) is 4.68 Å². The van der Waals surface area contributed by atoms with Crippen LogP contribution in [0, 0.1) is 0 Å². The number of fused-ring (bicyclic) bond motifs is 1. The van der Waals surface area contributed by atoms with E-state index in [9.17, 15) is 18.0 Å². The number of nitrogens with zero attached hydrogens (tertiary/aromatic N) is 2. The molecule has 0 spiro atoms. The van der Waals surface area contributed by atoms with E-state index in [4.69, 9.17) is 22.1 Å². The summed E-state index contributed by atoms with van der Waals surface area (Å²) in [6.07, 6.45) is 0. The highest BCUT2D eigenvalue weighted by Crippen LogP contribution is 2.39. The van der Waals surface area contributed by atoms with Gasteiger partial charge in [-0.1, -0.05) is 67.1 Å². The molecule has 0 aliphatic heterocycles. The highest BCUT2D eigenvalue weighted by molar-refractivity contribution is 7.91. The van der Waals surface area contributed by atoms with Crippen molar-refractivity contribution >= 4 is 43.7 Å². The van der Waals surface area contributed by atoms with Crippen LogP contribution in [-0.4, -0.2) is 36.8 Å². The van der Waals surface area contributed by atoms with E-state index in [1.807, 2.05) is 0 Å². The number of nitrogens with two attached hydrogens (primary N) is 1. The number of carbonyl (C=O) groups is 1. The molecule has 4 aromatic carbocycles. The molecule has 0 atom stereocenters. The Bertz CT molecular complexity index is 1940. The summed E-state index contributed by atoms with van der Waals surface area (Å²) in [7, 11) is -2.46. The maximum Gasteiger partial charge on any atom is 0.281 e. The summed E-state index contributed by atoms with van der Waals surface area (Å²) in [6.45, 7) is 1.48. The molecule has 0 aliphatic carbocycles. The van der Waals surface area contributed by atoms with Gasteiger partial charge in [-0.15, -0.1) is 0 Å². The SMILES string of the molecule is CCS(=O)(=O)c1nn(-c2ccc(OC)cc2)c(=O)c2c(N)c(C(=O)c3ccccc3)c(-c3ccccc3Cl)cc12. The first-order valence-electron chi connectivity index (χ1n) is 12.3. The van der Waals surface area contributed by atoms with Crippen LogP contribution in [0.15, 0.2) is 94.7 Å². The minimum atomic E-state index is -3.96. The van der Waals surface area contributed by atoms with Crippen LogP contribution in [0.3, 0.4) is 0 Å². The van der Waals surface area contributed by atoms with Gasteiger partial charge in [0, 0.05) is 21.5 Å². The second-order valence-corrected chi connectivity index (χ2v) is 11.5. The van der Waals surface area contributed by atoms with E-state index in [1.165, 1.54) is 20.1 Å². The summed E-state index contributed by atoms with van der Waals surface area (Å²) in [4.78, 5) is 27.9. The third kappa shape index (κ3) is 4.63. The van der Waals surface area contributed by atoms with Gasteiger partial charge in [-0.3, -0.25) is 9.59 Å². The van der Waals surface area contributed by atoms with Crippen molar-refractivity contribution in [1.29, 1.82) is 0 Å². The lowest BCUT2D eigenvalue weighted by molar-refractivity contribution is 0.104. The molecule has 10 heteroatoms. The third-order valence-corrected chi connectivity index (χ3v) is 8.59. The predicted molar refractivity (Wildman–Crippen MR) is 156 cm³/mol. The molecular weight excluding hydrogens is 550 g/mol. The van der Waals surface area contributed by atoms with Gasteiger partial charge in [0.2, 0.25) is 0 Å². The van der Waals surface area contributed by atoms with Crippen LogP contribution in [0.1, 0.15) is 22.8 Å². The van der Waals surface area contributed by atoms with E-state index in [2.05, 4.69) is 5.10 Å². The monoisotopic (exact) mass is 573 g/mol. The maximum absolute atomic E-state index is 14.0. The molecule has 2 N–H and O–H groups in total. The van der Waals surface area contributed by atoms with Gasteiger partial charge in [-0.2, -0.15) is 9.78 Å². The van der Waals surface area contributed by atoms with Crippen molar-refractivity contribution in [2.75, 3.05) is 18.6 Å². The van der Waals surface area contributed by atoms with Gasteiger partial charge in [0.15, 0.2) is 20.6 Å². The Morgan fingerprint density at radius 1 is 0.975 bits per heavy atom. The first-order chi connectivity index (χ1) is 19.2. The number of carbonyl (C=O) groups excluding carboxylic acids is 1. The number of halogens is 1. The van der Waals surface area contributed by atoms with Crippen LogP contribution in [-0.2, 0) is 9.84 Å². The average Bonchev–Trinajstić information content (AvgIpc) is 2.97. The molecule has 40 heavy (non-hydrogen) atoms. The number of benzene rings is 4. The zero-order valence-corrected chi connectivity index (χ0v) is 23.2. The lowest BCUT2D eigenvalue weighted by Crippen LogP contribution is -2.26. The van der Waals surface area contributed by atoms with Crippen LogP contribution in [0.2, 0.25) is 5.02 Å². The number of hydrogen-bond acceptors (Lipinski definition) is 7. The fourth-order valence-corrected chi connectivity index (χ4v) is 5.75. The van der Waals surface area contributed by atoms with Gasteiger partial charge in [0.1, 0.15) is 5.75 Å². The Labute approximate surface area is 235 Å². The quantitative estimate of drug-likeness (QED) is 0.206. The molecule has 202 valence electrons. The van der Waals surface area contributed by atoms with Gasteiger partial charge in [0.05, 0.1) is 35.2 Å². The van der Waals surface area contributed by atoms with Crippen molar-refractivity contribution in [1.82, 2.24) is 9.78 Å². The molecule has 0 unspecified atom stereocenters. The van der Waals surface area contributed by atoms with E-state index < -0.39 is 21.2 Å². The Morgan fingerprint density at radius 2 is 1.62 bits per heavy atom. The van der Waals surface area contributed by atoms with Gasteiger partial charge < -0.3 is 10.5 Å². The lowest BCUT2D eigenvalue weighted by Gasteiger charge is -2.18. The zero-order chi connectivity index (χ0) is 28.6. The minimum Gasteiger partial charge on any atom is -0.497 e. The Kier molecular flexibility index (Phi) is 7.18. The Morgan fingerprint density at radius 3 is 2.25 bits per heavy atom. The number of sulfone groups is 1. The predicted octanol–water partition coefficient (Wildman–Crippen LogP) is 5.32. The van der Waals surface area contributed by atoms with E-state index in [-0.39, 0.29) is 32.8 Å². The smallest absolute Gasteiger partial charge is 0.281 e. The molecule has 1 heterocycles. The van der Waals surface area contributed by atoms with E-state index in [0.29, 0.717) is 33.1 Å². The largest absolute Gasteiger partial charge is 0.497 e. The van der Waals surface area contributed by atoms with Crippen molar-refractivity contribution in [2.45, 2.75) is 11.9 Å². The van der Waals surface area contributed by atoms with Gasteiger partial charge in [-0.05, 0) is 42.0 Å². The highest BCUT2D eigenvalue weighted by Gasteiger charge is 2.29. The summed E-state index contributed by atoms with van der Waals surface area (Å²) >= 11 is 6.54. The Hall–Kier alpha value is -4.47. The fraction of sp³-hybridized carbons (Fsp3) is 0.100. The van der Waals surface area contributed by atoms with Crippen LogP contribution >= 0.6 is 11.6 Å². The van der Waals surface area contributed by atoms with Crippen LogP contribution < -0.4 is 16.0 Å². The molecule has 0 radical (unpaired) electrons. The third-order valence-electron chi connectivity index (χ3n) is 6.61. The first kappa shape index (κ1) is 27.1. The molecule has 0 bridgehead atoms. The topological polar surface area (TPSA) is 121 Å². The summed E-state index contributed by atoms with van der Waals surface area (Å²) < 4.78 is 32.9. The lowest BCUT2D eigenvalue weighted by atomic mass is 9.90. The molecule has 1 aromatic heterocycles. The van der Waals surface area contributed by atoms with Crippen LogP contribution in [0.25, 0.3) is 27.6 Å². The van der Waals surface area contributed by atoms with Crippen molar-refractivity contribution in [3.8, 4) is 22.6 Å². The molecular formula is C30H24ClN3O5S.